The van der Waals surface area contributed by atoms with Gasteiger partial charge < -0.3 is 0 Å². The van der Waals surface area contributed by atoms with Crippen molar-refractivity contribution in [2.24, 2.45) is 0 Å². The molecular weight excluding hydrogens is 340 g/mol. The molecule has 0 aliphatic heterocycles. The normalized spacial score (nSPS) is 13.8. The number of hydrogen-bond donors (Lipinski definition) is 1. The van der Waals surface area contributed by atoms with E-state index in [0.29, 0.717) is 11.4 Å². The van der Waals surface area contributed by atoms with Gasteiger partial charge in [0.2, 0.25) is 5.91 Å². The molecule has 3 aromatic rings. The van der Waals surface area contributed by atoms with Crippen molar-refractivity contribution in [1.82, 2.24) is 9.66 Å². The maximum absolute atomic E-state index is 14.0. The van der Waals surface area contributed by atoms with Gasteiger partial charge in [0, 0.05) is 5.92 Å². The van der Waals surface area contributed by atoms with Gasteiger partial charge in [-0.05, 0) is 42.7 Å². The molecule has 0 saturated heterocycles. The predicted octanol–water partition coefficient (Wildman–Crippen LogP) is 2.86. The third-order valence-corrected chi connectivity index (χ3v) is 4.31. The molecule has 1 amide bonds. The van der Waals surface area contributed by atoms with E-state index < -0.39 is 23.1 Å². The number of carbonyl (C=O) groups excluding carboxylic acids is 1. The quantitative estimate of drug-likeness (QED) is 0.783. The molecule has 1 aliphatic rings. The second kappa shape index (κ2) is 6.33. The smallest absolute Gasteiger partial charge is 0.273 e. The number of nitrogens with zero attached hydrogens (tertiary/aromatic N) is 2. The van der Waals surface area contributed by atoms with Gasteiger partial charge >= 0.3 is 0 Å². The Labute approximate surface area is 147 Å². The van der Waals surface area contributed by atoms with Crippen LogP contribution in [0.5, 0.6) is 0 Å². The van der Waals surface area contributed by atoms with Crippen LogP contribution in [0.15, 0.2) is 47.3 Å². The number of benzene rings is 2. The van der Waals surface area contributed by atoms with Crippen molar-refractivity contribution in [2.75, 3.05) is 5.43 Å². The molecule has 132 valence electrons. The fourth-order valence-corrected chi connectivity index (χ4v) is 2.91. The number of carbonyl (C=O) groups is 1. The fourth-order valence-electron chi connectivity index (χ4n) is 2.91. The highest BCUT2D eigenvalue weighted by atomic mass is 19.1. The molecule has 7 heteroatoms. The van der Waals surface area contributed by atoms with Crippen LogP contribution in [0.3, 0.4) is 0 Å². The first-order chi connectivity index (χ1) is 12.5. The summed E-state index contributed by atoms with van der Waals surface area (Å²) in [5.41, 5.74) is 2.51. The second-order valence-electron chi connectivity index (χ2n) is 6.36. The Bertz CT molecular complexity index is 1070. The molecule has 1 aliphatic carbocycles. The first-order valence-corrected chi connectivity index (χ1v) is 8.28. The van der Waals surface area contributed by atoms with E-state index in [0.717, 1.165) is 17.5 Å². The van der Waals surface area contributed by atoms with Crippen molar-refractivity contribution >= 4 is 16.8 Å². The van der Waals surface area contributed by atoms with Crippen LogP contribution in [0.25, 0.3) is 10.9 Å². The molecule has 1 aromatic heterocycles. The van der Waals surface area contributed by atoms with Crippen LogP contribution < -0.4 is 11.0 Å². The minimum absolute atomic E-state index is 0.00929. The Morgan fingerprint density at radius 2 is 1.96 bits per heavy atom. The van der Waals surface area contributed by atoms with Gasteiger partial charge in [-0.1, -0.05) is 18.2 Å². The number of amides is 1. The van der Waals surface area contributed by atoms with Crippen LogP contribution in [0.1, 0.15) is 30.1 Å². The zero-order valence-corrected chi connectivity index (χ0v) is 13.7. The summed E-state index contributed by atoms with van der Waals surface area (Å²) in [6.45, 7) is 0. The predicted molar refractivity (Wildman–Crippen MR) is 92.4 cm³/mol. The number of aromatic nitrogens is 2. The molecule has 0 atom stereocenters. The third-order valence-electron chi connectivity index (χ3n) is 4.31. The van der Waals surface area contributed by atoms with Gasteiger partial charge in [0.05, 0.1) is 11.8 Å². The van der Waals surface area contributed by atoms with Gasteiger partial charge in [-0.25, -0.2) is 18.4 Å². The van der Waals surface area contributed by atoms with Crippen LogP contribution in [-0.4, -0.2) is 15.6 Å². The Morgan fingerprint density at radius 3 is 2.69 bits per heavy atom. The van der Waals surface area contributed by atoms with E-state index in [2.05, 4.69) is 10.4 Å². The average molecular weight is 355 g/mol. The lowest BCUT2D eigenvalue weighted by molar-refractivity contribution is -0.116. The van der Waals surface area contributed by atoms with E-state index in [1.54, 1.807) is 6.07 Å². The summed E-state index contributed by atoms with van der Waals surface area (Å²) in [4.78, 5) is 29.4. The zero-order chi connectivity index (χ0) is 18.3. The molecule has 5 nitrogen and oxygen atoms in total. The third kappa shape index (κ3) is 3.08. The van der Waals surface area contributed by atoms with Crippen LogP contribution >= 0.6 is 0 Å². The van der Waals surface area contributed by atoms with Gasteiger partial charge in [0.25, 0.3) is 5.56 Å². The van der Waals surface area contributed by atoms with Crippen LogP contribution in [0.4, 0.5) is 8.78 Å². The monoisotopic (exact) mass is 355 g/mol. The maximum atomic E-state index is 14.0. The zero-order valence-electron chi connectivity index (χ0n) is 13.7. The minimum Gasteiger partial charge on any atom is -0.273 e. The highest BCUT2D eigenvalue weighted by Crippen LogP contribution is 2.38. The number of para-hydroxylation sites is 1. The lowest BCUT2D eigenvalue weighted by atomic mass is 10.1. The standard InChI is InChI=1S/C19H15F2N3O2/c20-13-4-1-3-11(9-13)10-16(25)23-24-18(12-7-8-12)22-17-14(19(24)26)5-2-6-15(17)21/h1-6,9,12H,7-8,10H2,(H,23,25). The van der Waals surface area contributed by atoms with Crippen molar-refractivity contribution in [3.05, 3.63) is 75.8 Å². The summed E-state index contributed by atoms with van der Waals surface area (Å²) in [7, 11) is 0. The van der Waals surface area contributed by atoms with E-state index in [-0.39, 0.29) is 23.2 Å². The first-order valence-electron chi connectivity index (χ1n) is 8.28. The molecule has 0 spiro atoms. The molecule has 0 unspecified atom stereocenters. The Morgan fingerprint density at radius 1 is 1.19 bits per heavy atom. The maximum Gasteiger partial charge on any atom is 0.280 e. The van der Waals surface area contributed by atoms with Crippen molar-refractivity contribution in [2.45, 2.75) is 25.2 Å². The Balaban J connectivity index is 1.71. The fraction of sp³-hybridized carbons (Fsp3) is 0.211. The summed E-state index contributed by atoms with van der Waals surface area (Å²) in [6.07, 6.45) is 1.56. The highest BCUT2D eigenvalue weighted by molar-refractivity contribution is 5.86. The van der Waals surface area contributed by atoms with Crippen LogP contribution in [0.2, 0.25) is 0 Å². The molecular formula is C19H15F2N3O2. The van der Waals surface area contributed by atoms with Gasteiger partial charge in [-0.3, -0.25) is 15.0 Å². The van der Waals surface area contributed by atoms with E-state index in [4.69, 9.17) is 0 Å². The SMILES string of the molecule is O=C(Cc1cccc(F)c1)Nn1c(C2CC2)nc2c(F)cccc2c1=O. The van der Waals surface area contributed by atoms with Gasteiger partial charge in [-0.15, -0.1) is 0 Å². The first kappa shape index (κ1) is 16.4. The number of fused-ring (bicyclic) bond motifs is 1. The molecule has 0 bridgehead atoms. The Hall–Kier alpha value is -3.09. The molecule has 1 N–H and O–H groups in total. The topological polar surface area (TPSA) is 64.0 Å². The molecule has 4 rings (SSSR count). The summed E-state index contributed by atoms with van der Waals surface area (Å²) >= 11 is 0. The average Bonchev–Trinajstić information content (AvgIpc) is 3.43. The van der Waals surface area contributed by atoms with Gasteiger partial charge in [0.15, 0.2) is 0 Å². The number of hydrogen-bond acceptors (Lipinski definition) is 3. The molecule has 2 aromatic carbocycles. The highest BCUT2D eigenvalue weighted by Gasteiger charge is 2.30. The van der Waals surface area contributed by atoms with Crippen molar-refractivity contribution in [1.29, 1.82) is 0 Å². The summed E-state index contributed by atoms with van der Waals surface area (Å²) < 4.78 is 28.4. The van der Waals surface area contributed by atoms with E-state index >= 15 is 0 Å². The minimum atomic E-state index is -0.570. The van der Waals surface area contributed by atoms with Crippen molar-refractivity contribution in [3.8, 4) is 0 Å². The van der Waals surface area contributed by atoms with E-state index in [1.165, 1.54) is 36.4 Å². The Kier molecular flexibility index (Phi) is 3.99. The molecule has 1 saturated carbocycles. The second-order valence-corrected chi connectivity index (χ2v) is 6.36. The number of nitrogens with one attached hydrogen (secondary N) is 1. The largest absolute Gasteiger partial charge is 0.280 e. The van der Waals surface area contributed by atoms with Crippen molar-refractivity contribution < 1.29 is 13.6 Å². The summed E-state index contributed by atoms with van der Waals surface area (Å²) in [5, 5.41) is 0.0976. The molecule has 1 fully saturated rings. The number of rotatable bonds is 4. The summed E-state index contributed by atoms with van der Waals surface area (Å²) in [5.74, 6) is -1.12. The molecule has 0 radical (unpaired) electrons. The lowest BCUT2D eigenvalue weighted by Gasteiger charge is -2.14. The van der Waals surface area contributed by atoms with Crippen LogP contribution in [-0.2, 0) is 11.2 Å². The van der Waals surface area contributed by atoms with E-state index in [9.17, 15) is 18.4 Å². The lowest BCUT2D eigenvalue weighted by Crippen LogP contribution is -2.37. The van der Waals surface area contributed by atoms with Crippen molar-refractivity contribution in [3.63, 3.8) is 0 Å². The van der Waals surface area contributed by atoms with Crippen LogP contribution in [0, 0.1) is 11.6 Å². The van der Waals surface area contributed by atoms with Gasteiger partial charge in [-0.2, -0.15) is 0 Å². The van der Waals surface area contributed by atoms with E-state index in [1.807, 2.05) is 0 Å². The molecule has 26 heavy (non-hydrogen) atoms. The number of halogens is 2. The molecule has 1 heterocycles. The van der Waals surface area contributed by atoms with Gasteiger partial charge in [0.1, 0.15) is 23.0 Å². The summed E-state index contributed by atoms with van der Waals surface area (Å²) in [6, 6.07) is 9.84.